The second-order valence-electron chi connectivity index (χ2n) is 6.85. The van der Waals surface area contributed by atoms with Gasteiger partial charge in [-0.3, -0.25) is 23.7 Å². The van der Waals surface area contributed by atoms with E-state index in [-0.39, 0.29) is 11.5 Å². The number of aromatic nitrogens is 2. The van der Waals surface area contributed by atoms with Crippen molar-refractivity contribution in [1.82, 2.24) is 9.13 Å². The third-order valence-electron chi connectivity index (χ3n) is 5.09. The van der Waals surface area contributed by atoms with E-state index in [1.807, 2.05) is 0 Å². The molecule has 1 amide bonds. The minimum atomic E-state index is -0.854. The summed E-state index contributed by atoms with van der Waals surface area (Å²) in [5.74, 6) is -1.07. The predicted octanol–water partition coefficient (Wildman–Crippen LogP) is 1.49. The van der Waals surface area contributed by atoms with Gasteiger partial charge in [0.15, 0.2) is 0 Å². The third kappa shape index (κ3) is 3.28. The van der Waals surface area contributed by atoms with Crippen molar-refractivity contribution in [3.63, 3.8) is 0 Å². The summed E-state index contributed by atoms with van der Waals surface area (Å²) in [5, 5.41) is 0. The topological polar surface area (TPSA) is 98.4 Å². The summed E-state index contributed by atoms with van der Waals surface area (Å²) in [5.41, 5.74) is -0.312. The molecule has 8 nitrogen and oxygen atoms in total. The number of rotatable bonds is 4. The highest BCUT2D eigenvalue weighted by Gasteiger charge is 2.35. The van der Waals surface area contributed by atoms with Crippen LogP contribution in [0.4, 0.5) is 5.69 Å². The van der Waals surface area contributed by atoms with E-state index in [9.17, 15) is 24.0 Å². The number of aldehydes is 1. The summed E-state index contributed by atoms with van der Waals surface area (Å²) in [6.45, 7) is 0.363. The van der Waals surface area contributed by atoms with E-state index >= 15 is 0 Å². The molecule has 0 N–H and O–H groups in total. The van der Waals surface area contributed by atoms with Gasteiger partial charge in [-0.2, -0.15) is 4.57 Å². The van der Waals surface area contributed by atoms with Gasteiger partial charge in [-0.05, 0) is 42.8 Å². The van der Waals surface area contributed by atoms with Gasteiger partial charge >= 0.3 is 5.69 Å². The van der Waals surface area contributed by atoms with E-state index in [4.69, 9.17) is 0 Å². The molecular weight excluding hydrogens is 386 g/mol. The lowest BCUT2D eigenvalue weighted by atomic mass is 10.2. The number of carbonyl (C=O) groups is 3. The molecule has 1 saturated heterocycles. The molecule has 150 valence electrons. The first-order valence-corrected chi connectivity index (χ1v) is 9.32. The van der Waals surface area contributed by atoms with Gasteiger partial charge in [0.1, 0.15) is 12.3 Å². The van der Waals surface area contributed by atoms with Crippen LogP contribution in [0.15, 0.2) is 76.4 Å². The van der Waals surface area contributed by atoms with Crippen LogP contribution in [-0.2, 0) is 4.79 Å². The zero-order chi connectivity index (χ0) is 21.3. The van der Waals surface area contributed by atoms with Crippen LogP contribution in [-0.4, -0.2) is 33.8 Å². The van der Waals surface area contributed by atoms with E-state index < -0.39 is 23.2 Å². The number of benzene rings is 2. The Hall–Kier alpha value is -4.07. The first kappa shape index (κ1) is 19.3. The molecule has 1 aliphatic rings. The molecule has 30 heavy (non-hydrogen) atoms. The monoisotopic (exact) mass is 403 g/mol. The summed E-state index contributed by atoms with van der Waals surface area (Å²) < 4.78 is 1.68. The van der Waals surface area contributed by atoms with E-state index in [2.05, 4.69) is 0 Å². The zero-order valence-corrected chi connectivity index (χ0v) is 15.8. The molecule has 3 aromatic rings. The minimum Gasteiger partial charge on any atom is -0.311 e. The van der Waals surface area contributed by atoms with Crippen LogP contribution in [0, 0.1) is 0 Å². The van der Waals surface area contributed by atoms with Crippen molar-refractivity contribution in [3.8, 4) is 0 Å². The fourth-order valence-corrected chi connectivity index (χ4v) is 3.54. The molecule has 0 aliphatic carbocycles. The lowest BCUT2D eigenvalue weighted by molar-refractivity contribution is -0.119. The highest BCUT2D eigenvalue weighted by Crippen LogP contribution is 2.27. The van der Waals surface area contributed by atoms with Crippen molar-refractivity contribution in [2.45, 2.75) is 12.5 Å². The van der Waals surface area contributed by atoms with E-state index in [1.165, 1.54) is 23.2 Å². The predicted molar refractivity (Wildman–Crippen MR) is 109 cm³/mol. The van der Waals surface area contributed by atoms with Crippen molar-refractivity contribution >= 4 is 23.8 Å². The Morgan fingerprint density at radius 3 is 2.30 bits per heavy atom. The fraction of sp³-hybridized carbons (Fsp3) is 0.136. The molecule has 2 aromatic carbocycles. The molecule has 1 atom stereocenters. The summed E-state index contributed by atoms with van der Waals surface area (Å²) in [7, 11) is 0. The fourth-order valence-electron chi connectivity index (χ4n) is 3.54. The van der Waals surface area contributed by atoms with Gasteiger partial charge in [0, 0.05) is 35.6 Å². The number of hydrogen-bond donors (Lipinski definition) is 0. The van der Waals surface area contributed by atoms with Crippen molar-refractivity contribution in [3.05, 3.63) is 98.8 Å². The Balaban J connectivity index is 1.69. The first-order chi connectivity index (χ1) is 14.5. The number of carbonyl (C=O) groups excluding carboxylic acids is 3. The quantitative estimate of drug-likeness (QED) is 0.615. The molecule has 1 aliphatic heterocycles. The standard InChI is InChI=1S/C22H17N3O5/c26-14-15-6-8-17(9-7-15)23-12-10-18(21(23)29)24-13-11-19(27)25(22(24)30)20(28)16-4-2-1-3-5-16/h1-9,11,13-14,18H,10,12H2. The van der Waals surface area contributed by atoms with Crippen molar-refractivity contribution in [1.29, 1.82) is 0 Å². The van der Waals surface area contributed by atoms with Gasteiger partial charge in [-0.25, -0.2) is 4.79 Å². The van der Waals surface area contributed by atoms with Gasteiger partial charge in [0.25, 0.3) is 11.5 Å². The lowest BCUT2D eigenvalue weighted by Gasteiger charge is -2.18. The second-order valence-corrected chi connectivity index (χ2v) is 6.85. The average Bonchev–Trinajstić information content (AvgIpc) is 3.15. The van der Waals surface area contributed by atoms with Gasteiger partial charge < -0.3 is 4.90 Å². The summed E-state index contributed by atoms with van der Waals surface area (Å²) >= 11 is 0. The largest absolute Gasteiger partial charge is 0.338 e. The number of amides is 1. The van der Waals surface area contributed by atoms with E-state index in [0.29, 0.717) is 35.1 Å². The van der Waals surface area contributed by atoms with Gasteiger partial charge in [-0.1, -0.05) is 18.2 Å². The highest BCUT2D eigenvalue weighted by molar-refractivity contribution is 5.99. The molecule has 0 saturated carbocycles. The van der Waals surface area contributed by atoms with Crippen LogP contribution in [0.1, 0.15) is 33.2 Å². The smallest absolute Gasteiger partial charge is 0.311 e. The molecule has 1 fully saturated rings. The van der Waals surface area contributed by atoms with Crippen molar-refractivity contribution < 1.29 is 14.4 Å². The molecule has 0 bridgehead atoms. The number of anilines is 1. The molecule has 8 heteroatoms. The maximum Gasteiger partial charge on any atom is 0.338 e. The Morgan fingerprint density at radius 2 is 1.63 bits per heavy atom. The Labute approximate surface area is 170 Å². The van der Waals surface area contributed by atoms with Crippen LogP contribution in [0.3, 0.4) is 0 Å². The Kier molecular flexibility index (Phi) is 4.97. The van der Waals surface area contributed by atoms with Crippen molar-refractivity contribution in [2.75, 3.05) is 11.4 Å². The summed E-state index contributed by atoms with van der Waals surface area (Å²) in [4.78, 5) is 63.2. The number of nitrogens with zero attached hydrogens (tertiary/aromatic N) is 3. The average molecular weight is 403 g/mol. The second kappa shape index (κ2) is 7.75. The van der Waals surface area contributed by atoms with Crippen LogP contribution >= 0.6 is 0 Å². The summed E-state index contributed by atoms with van der Waals surface area (Å²) in [6, 6.07) is 14.8. The Bertz CT molecular complexity index is 1240. The molecule has 1 unspecified atom stereocenters. The van der Waals surface area contributed by atoms with E-state index in [1.54, 1.807) is 42.5 Å². The first-order valence-electron chi connectivity index (χ1n) is 9.32. The maximum absolute atomic E-state index is 13.0. The minimum absolute atomic E-state index is 0.198. The molecule has 2 heterocycles. The molecular formula is C22H17N3O5. The van der Waals surface area contributed by atoms with Gasteiger partial charge in [0.2, 0.25) is 5.91 Å². The van der Waals surface area contributed by atoms with Crippen LogP contribution < -0.4 is 16.1 Å². The van der Waals surface area contributed by atoms with Crippen LogP contribution in [0.5, 0.6) is 0 Å². The highest BCUT2D eigenvalue weighted by atomic mass is 16.2. The van der Waals surface area contributed by atoms with E-state index in [0.717, 1.165) is 10.6 Å². The van der Waals surface area contributed by atoms with Crippen LogP contribution in [0.25, 0.3) is 0 Å². The maximum atomic E-state index is 13.0. The number of hydrogen-bond acceptors (Lipinski definition) is 5. The van der Waals surface area contributed by atoms with Crippen LogP contribution in [0.2, 0.25) is 0 Å². The normalized spacial score (nSPS) is 15.9. The molecule has 4 rings (SSSR count). The summed E-state index contributed by atoms with van der Waals surface area (Å²) in [6.07, 6.45) is 2.30. The lowest BCUT2D eigenvalue weighted by Crippen LogP contribution is -2.45. The van der Waals surface area contributed by atoms with Gasteiger partial charge in [0.05, 0.1) is 0 Å². The molecule has 1 aromatic heterocycles. The Morgan fingerprint density at radius 1 is 0.933 bits per heavy atom. The van der Waals surface area contributed by atoms with Crippen molar-refractivity contribution in [2.24, 2.45) is 0 Å². The molecule has 0 spiro atoms. The van der Waals surface area contributed by atoms with Gasteiger partial charge in [-0.15, -0.1) is 0 Å². The zero-order valence-electron chi connectivity index (χ0n) is 15.8. The third-order valence-corrected chi connectivity index (χ3v) is 5.09. The SMILES string of the molecule is O=Cc1ccc(N2CCC(n3ccc(=O)n(C(=O)c4ccccc4)c3=O)C2=O)cc1. The molecule has 0 radical (unpaired) electrons.